The first-order chi connectivity index (χ1) is 18.9. The third-order valence-electron chi connectivity index (χ3n) is 7.70. The molecule has 2 heterocycles. The highest BCUT2D eigenvalue weighted by Gasteiger charge is 2.54. The number of aliphatic imine (C=N–C) groups is 1. The fourth-order valence-electron chi connectivity index (χ4n) is 5.86. The Hall–Kier alpha value is -4.09. The summed E-state index contributed by atoms with van der Waals surface area (Å²) in [6.45, 7) is 0. The molecule has 7 rings (SSSR count). The number of para-hydroxylation sites is 1. The van der Waals surface area contributed by atoms with E-state index in [-0.39, 0.29) is 14.3 Å². The Labute approximate surface area is 227 Å². The number of quaternary nitrogens is 1. The topological polar surface area (TPSA) is 63.6 Å². The molecule has 39 heavy (non-hydrogen) atoms. The molecule has 0 fully saturated rings. The largest absolute Gasteiger partial charge is 0.309 e. The van der Waals surface area contributed by atoms with Gasteiger partial charge in [-0.15, -0.1) is 0 Å². The molecule has 0 bridgehead atoms. The molecular formula is C32H24N2O3PS+. The first-order valence-electron chi connectivity index (χ1n) is 12.6. The lowest BCUT2D eigenvalue weighted by Crippen LogP contribution is -2.47. The minimum atomic E-state index is -3.92. The molecule has 5 aromatic rings. The van der Waals surface area contributed by atoms with Gasteiger partial charge in [0.05, 0.1) is 12.6 Å². The summed E-state index contributed by atoms with van der Waals surface area (Å²) in [6.07, 6.45) is 0. The van der Waals surface area contributed by atoms with E-state index in [1.165, 1.54) is 0 Å². The number of fused-ring (bicyclic) bond motifs is 2. The van der Waals surface area contributed by atoms with Gasteiger partial charge in [0.2, 0.25) is 15.7 Å². The number of benzene rings is 5. The number of rotatable bonds is 4. The maximum absolute atomic E-state index is 15.2. The van der Waals surface area contributed by atoms with Gasteiger partial charge in [0.1, 0.15) is 15.5 Å². The van der Waals surface area contributed by atoms with Crippen LogP contribution < -0.4 is 20.4 Å². The molecule has 0 aliphatic carbocycles. The monoisotopic (exact) mass is 547 g/mol. The van der Waals surface area contributed by atoms with Crippen molar-refractivity contribution in [3.05, 3.63) is 133 Å². The molecule has 190 valence electrons. The Bertz CT molecular complexity index is 1910. The molecule has 0 spiro atoms. The van der Waals surface area contributed by atoms with Crippen LogP contribution in [0.15, 0.2) is 142 Å². The fraction of sp³-hybridized carbons (Fsp3) is 0.0312. The molecule has 0 radical (unpaired) electrons. The SMILES string of the molecule is C[N+]12C(c3ccccc3)=Nc3cc(P(=O)(c4ccccc4)c4ccccc4)cc(c31)S(=O)(=O)c1ccccc12. The summed E-state index contributed by atoms with van der Waals surface area (Å²) in [5.74, 6) is 0.723. The first-order valence-corrected chi connectivity index (χ1v) is 15.8. The van der Waals surface area contributed by atoms with Gasteiger partial charge in [-0.05, 0) is 30.3 Å². The van der Waals surface area contributed by atoms with Gasteiger partial charge in [0.15, 0.2) is 18.5 Å². The van der Waals surface area contributed by atoms with Crippen LogP contribution in [0.4, 0.5) is 17.1 Å². The molecule has 0 aromatic heterocycles. The average molecular weight is 548 g/mol. The second-order valence-electron chi connectivity index (χ2n) is 9.87. The van der Waals surface area contributed by atoms with E-state index in [1.54, 1.807) is 18.2 Å². The van der Waals surface area contributed by atoms with E-state index in [2.05, 4.69) is 0 Å². The lowest BCUT2D eigenvalue weighted by molar-refractivity contribution is 0.576. The van der Waals surface area contributed by atoms with E-state index in [4.69, 9.17) is 4.99 Å². The zero-order valence-electron chi connectivity index (χ0n) is 21.1. The zero-order chi connectivity index (χ0) is 26.8. The van der Waals surface area contributed by atoms with Crippen LogP contribution in [0.3, 0.4) is 0 Å². The van der Waals surface area contributed by atoms with Gasteiger partial charge in [-0.2, -0.15) is 4.99 Å². The Kier molecular flexibility index (Phi) is 5.20. The third kappa shape index (κ3) is 3.26. The van der Waals surface area contributed by atoms with Crippen molar-refractivity contribution < 1.29 is 13.0 Å². The summed E-state index contributed by atoms with van der Waals surface area (Å²) < 4.78 is 43.8. The molecule has 0 saturated heterocycles. The molecule has 0 saturated carbocycles. The van der Waals surface area contributed by atoms with Crippen LogP contribution in [0.5, 0.6) is 0 Å². The standard InChI is InChI=1S/C32H24N2O3PS/c1-34-28-19-11-12-20-29(28)39(36,37)30-22-26(21-27(31(30)34)33-32(34)23-13-5-2-6-14-23)38(35,24-15-7-3-8-16-24)25-17-9-4-10-18-25/h2-22H,1H3/q+1. The summed E-state index contributed by atoms with van der Waals surface area (Å²) in [5.41, 5.74) is 2.65. The van der Waals surface area contributed by atoms with E-state index in [0.29, 0.717) is 33.0 Å². The summed E-state index contributed by atoms with van der Waals surface area (Å²) in [6, 6.07) is 38.9. The van der Waals surface area contributed by atoms with Crippen molar-refractivity contribution in [2.75, 3.05) is 7.05 Å². The quantitative estimate of drug-likeness (QED) is 0.210. The second kappa shape index (κ2) is 8.45. The van der Waals surface area contributed by atoms with Crippen molar-refractivity contribution in [1.82, 2.24) is 4.48 Å². The molecular weight excluding hydrogens is 523 g/mol. The summed E-state index contributed by atoms with van der Waals surface area (Å²) in [7, 11) is -5.37. The van der Waals surface area contributed by atoms with Gasteiger partial charge in [0, 0.05) is 22.0 Å². The fourth-order valence-corrected chi connectivity index (χ4v) is 10.5. The Balaban J connectivity index is 1.60. The lowest BCUT2D eigenvalue weighted by Gasteiger charge is -2.36. The maximum Gasteiger partial charge on any atom is 0.245 e. The van der Waals surface area contributed by atoms with Gasteiger partial charge in [-0.1, -0.05) is 91.0 Å². The molecule has 2 aliphatic rings. The second-order valence-corrected chi connectivity index (χ2v) is 14.5. The predicted molar refractivity (Wildman–Crippen MR) is 158 cm³/mol. The van der Waals surface area contributed by atoms with E-state index in [1.807, 2.05) is 116 Å². The maximum atomic E-state index is 15.2. The number of amidine groups is 1. The van der Waals surface area contributed by atoms with Gasteiger partial charge in [-0.25, -0.2) is 12.9 Å². The number of hydrogen-bond donors (Lipinski definition) is 0. The van der Waals surface area contributed by atoms with E-state index < -0.39 is 17.0 Å². The molecule has 7 heteroatoms. The highest BCUT2D eigenvalue weighted by molar-refractivity contribution is 7.92. The summed E-state index contributed by atoms with van der Waals surface area (Å²) in [5, 5.41) is 1.72. The number of nitrogens with zero attached hydrogens (tertiary/aromatic N) is 2. The highest BCUT2D eigenvalue weighted by Crippen LogP contribution is 2.57. The van der Waals surface area contributed by atoms with Crippen LogP contribution in [0.1, 0.15) is 5.56 Å². The first kappa shape index (κ1) is 24.0. The van der Waals surface area contributed by atoms with Crippen molar-refractivity contribution in [3.8, 4) is 0 Å². The van der Waals surface area contributed by atoms with Crippen LogP contribution in [0, 0.1) is 0 Å². The predicted octanol–water partition coefficient (Wildman–Crippen LogP) is 5.83. The zero-order valence-corrected chi connectivity index (χ0v) is 22.8. The average Bonchev–Trinajstić information content (AvgIpc) is 3.30. The van der Waals surface area contributed by atoms with Crippen LogP contribution in [-0.2, 0) is 14.4 Å². The Morgan fingerprint density at radius 3 is 1.79 bits per heavy atom. The van der Waals surface area contributed by atoms with Gasteiger partial charge >= 0.3 is 0 Å². The molecule has 2 aliphatic heterocycles. The summed E-state index contributed by atoms with van der Waals surface area (Å²) >= 11 is 0. The number of hydrogen-bond acceptors (Lipinski definition) is 4. The molecule has 1 unspecified atom stereocenters. The Morgan fingerprint density at radius 1 is 0.641 bits per heavy atom. The van der Waals surface area contributed by atoms with Crippen molar-refractivity contribution >= 4 is 55.8 Å². The van der Waals surface area contributed by atoms with Crippen molar-refractivity contribution in [3.63, 3.8) is 0 Å². The van der Waals surface area contributed by atoms with Crippen LogP contribution in [0.25, 0.3) is 0 Å². The third-order valence-corrected chi connectivity index (χ3v) is 12.5. The highest BCUT2D eigenvalue weighted by atomic mass is 32.2. The van der Waals surface area contributed by atoms with Gasteiger partial charge in [0.25, 0.3) is 0 Å². The van der Waals surface area contributed by atoms with Crippen molar-refractivity contribution in [2.24, 2.45) is 4.99 Å². The van der Waals surface area contributed by atoms with Crippen LogP contribution in [-0.4, -0.2) is 21.3 Å². The van der Waals surface area contributed by atoms with Crippen molar-refractivity contribution in [1.29, 1.82) is 0 Å². The lowest BCUT2D eigenvalue weighted by atomic mass is 10.1. The molecule has 5 nitrogen and oxygen atoms in total. The molecule has 0 amide bonds. The van der Waals surface area contributed by atoms with Gasteiger partial charge < -0.3 is 4.57 Å². The number of sulfone groups is 1. The van der Waals surface area contributed by atoms with E-state index >= 15 is 4.57 Å². The molecule has 0 N–H and O–H groups in total. The normalized spacial score (nSPS) is 18.6. The summed E-state index contributed by atoms with van der Waals surface area (Å²) in [4.78, 5) is 5.47. The van der Waals surface area contributed by atoms with Crippen molar-refractivity contribution in [2.45, 2.75) is 9.79 Å². The van der Waals surface area contributed by atoms with Gasteiger partial charge in [-0.3, -0.25) is 0 Å². The van der Waals surface area contributed by atoms with Crippen LogP contribution in [0.2, 0.25) is 0 Å². The minimum Gasteiger partial charge on any atom is -0.309 e. The van der Waals surface area contributed by atoms with E-state index in [0.717, 1.165) is 11.4 Å². The molecule has 1 atom stereocenters. The molecule has 5 aromatic carbocycles. The van der Waals surface area contributed by atoms with Crippen LogP contribution >= 0.6 is 7.14 Å². The smallest absolute Gasteiger partial charge is 0.245 e. The minimum absolute atomic E-state index is 0.116. The van der Waals surface area contributed by atoms with E-state index in [9.17, 15) is 8.42 Å². The Morgan fingerprint density at radius 2 is 1.18 bits per heavy atom.